The van der Waals surface area contributed by atoms with E-state index in [0.29, 0.717) is 12.4 Å². The molecule has 1 heterocycles. The van der Waals surface area contributed by atoms with Crippen LogP contribution in [0.15, 0.2) is 54.6 Å². The Hall–Kier alpha value is -1.94. The molecule has 3 rings (SSSR count). The van der Waals surface area contributed by atoms with Crippen LogP contribution in [0.3, 0.4) is 0 Å². The first-order valence-corrected chi connectivity index (χ1v) is 8.64. The van der Waals surface area contributed by atoms with Crippen molar-refractivity contribution in [3.63, 3.8) is 0 Å². The number of carbonyl (C=O) groups is 1. The number of carbonyl (C=O) groups excluding carboxylic acids is 1. The SMILES string of the molecule is O=C(CSCCOc1ccccc1)N1CCc2ccccc21. The third-order valence-corrected chi connectivity index (χ3v) is 4.56. The average molecular weight is 313 g/mol. The summed E-state index contributed by atoms with van der Waals surface area (Å²) in [6, 6.07) is 17.9. The monoisotopic (exact) mass is 313 g/mol. The molecule has 4 heteroatoms. The molecule has 0 unspecified atom stereocenters. The highest BCUT2D eigenvalue weighted by Crippen LogP contribution is 2.27. The van der Waals surface area contributed by atoms with Crippen LogP contribution in [0.1, 0.15) is 5.56 Å². The topological polar surface area (TPSA) is 29.5 Å². The Balaban J connectivity index is 1.40. The number of amides is 1. The fourth-order valence-electron chi connectivity index (χ4n) is 2.57. The van der Waals surface area contributed by atoms with E-state index in [0.717, 1.165) is 30.2 Å². The van der Waals surface area contributed by atoms with Gasteiger partial charge in [0.15, 0.2) is 0 Å². The molecule has 0 saturated heterocycles. The Labute approximate surface area is 135 Å². The van der Waals surface area contributed by atoms with Crippen LogP contribution >= 0.6 is 11.8 Å². The maximum absolute atomic E-state index is 12.3. The minimum absolute atomic E-state index is 0.190. The molecule has 0 N–H and O–H groups in total. The molecule has 0 aromatic heterocycles. The highest BCUT2D eigenvalue weighted by molar-refractivity contribution is 7.99. The molecule has 2 aromatic carbocycles. The van der Waals surface area contributed by atoms with E-state index in [2.05, 4.69) is 6.07 Å². The number of para-hydroxylation sites is 2. The molecule has 0 saturated carbocycles. The molecule has 3 nitrogen and oxygen atoms in total. The highest BCUT2D eigenvalue weighted by atomic mass is 32.2. The van der Waals surface area contributed by atoms with Gasteiger partial charge in [-0.3, -0.25) is 4.79 Å². The molecule has 0 fully saturated rings. The molecule has 0 spiro atoms. The molecule has 0 atom stereocenters. The zero-order chi connectivity index (χ0) is 15.2. The van der Waals surface area contributed by atoms with Gasteiger partial charge in [0.2, 0.25) is 5.91 Å². The lowest BCUT2D eigenvalue weighted by atomic mass is 10.2. The van der Waals surface area contributed by atoms with Crippen LogP contribution in [0.2, 0.25) is 0 Å². The van der Waals surface area contributed by atoms with Crippen molar-refractivity contribution in [1.29, 1.82) is 0 Å². The Bertz CT molecular complexity index is 630. The maximum Gasteiger partial charge on any atom is 0.236 e. The lowest BCUT2D eigenvalue weighted by Gasteiger charge is -2.17. The van der Waals surface area contributed by atoms with Gasteiger partial charge in [-0.1, -0.05) is 36.4 Å². The summed E-state index contributed by atoms with van der Waals surface area (Å²) in [7, 11) is 0. The van der Waals surface area contributed by atoms with Crippen molar-refractivity contribution in [1.82, 2.24) is 0 Å². The van der Waals surface area contributed by atoms with Crippen LogP contribution < -0.4 is 9.64 Å². The standard InChI is InChI=1S/C18H19NO2S/c20-18(19-11-10-15-6-4-5-9-17(15)19)14-22-13-12-21-16-7-2-1-3-8-16/h1-9H,10-14H2. The second-order valence-corrected chi connectivity index (χ2v) is 6.24. The molecule has 1 aliphatic heterocycles. The zero-order valence-corrected chi connectivity index (χ0v) is 13.2. The molecule has 22 heavy (non-hydrogen) atoms. The molecule has 0 radical (unpaired) electrons. The first-order chi connectivity index (χ1) is 10.8. The summed E-state index contributed by atoms with van der Waals surface area (Å²) in [5.74, 6) is 2.39. The Kier molecular flexibility index (Phi) is 5.01. The van der Waals surface area contributed by atoms with Crippen LogP contribution in [0.5, 0.6) is 5.75 Å². The average Bonchev–Trinajstić information content (AvgIpc) is 2.99. The van der Waals surface area contributed by atoms with Gasteiger partial charge >= 0.3 is 0 Å². The number of fused-ring (bicyclic) bond motifs is 1. The van der Waals surface area contributed by atoms with E-state index < -0.39 is 0 Å². The number of anilines is 1. The number of nitrogens with zero attached hydrogens (tertiary/aromatic N) is 1. The number of hydrogen-bond donors (Lipinski definition) is 0. The number of ether oxygens (including phenoxy) is 1. The van der Waals surface area contributed by atoms with Crippen LogP contribution in [0.25, 0.3) is 0 Å². The van der Waals surface area contributed by atoms with Crippen molar-refractivity contribution >= 4 is 23.4 Å². The van der Waals surface area contributed by atoms with Gasteiger partial charge in [-0.25, -0.2) is 0 Å². The van der Waals surface area contributed by atoms with Crippen molar-refractivity contribution in [2.24, 2.45) is 0 Å². The van der Waals surface area contributed by atoms with Gasteiger partial charge in [0.05, 0.1) is 12.4 Å². The lowest BCUT2D eigenvalue weighted by molar-refractivity contribution is -0.116. The van der Waals surface area contributed by atoms with Gasteiger partial charge in [0.1, 0.15) is 5.75 Å². The fraction of sp³-hybridized carbons (Fsp3) is 0.278. The van der Waals surface area contributed by atoms with E-state index in [1.165, 1.54) is 5.56 Å². The van der Waals surface area contributed by atoms with Gasteiger partial charge in [-0.15, -0.1) is 11.8 Å². The summed E-state index contributed by atoms with van der Waals surface area (Å²) >= 11 is 1.63. The lowest BCUT2D eigenvalue weighted by Crippen LogP contribution is -2.30. The molecular formula is C18H19NO2S. The van der Waals surface area contributed by atoms with Crippen molar-refractivity contribution in [2.45, 2.75) is 6.42 Å². The fourth-order valence-corrected chi connectivity index (χ4v) is 3.25. The van der Waals surface area contributed by atoms with Gasteiger partial charge in [-0.2, -0.15) is 0 Å². The van der Waals surface area contributed by atoms with Crippen molar-refractivity contribution in [3.05, 3.63) is 60.2 Å². The Morgan fingerprint density at radius 3 is 2.73 bits per heavy atom. The smallest absolute Gasteiger partial charge is 0.236 e. The normalized spacial score (nSPS) is 13.0. The van der Waals surface area contributed by atoms with Gasteiger partial charge in [0, 0.05) is 18.0 Å². The highest BCUT2D eigenvalue weighted by Gasteiger charge is 2.23. The van der Waals surface area contributed by atoms with Crippen LogP contribution in [-0.2, 0) is 11.2 Å². The van der Waals surface area contributed by atoms with Crippen LogP contribution in [0, 0.1) is 0 Å². The van der Waals surface area contributed by atoms with Crippen molar-refractivity contribution in [3.8, 4) is 5.75 Å². The van der Waals surface area contributed by atoms with E-state index in [1.807, 2.05) is 53.4 Å². The van der Waals surface area contributed by atoms with E-state index in [1.54, 1.807) is 11.8 Å². The first kappa shape index (κ1) is 15.0. The zero-order valence-electron chi connectivity index (χ0n) is 12.4. The number of benzene rings is 2. The van der Waals surface area contributed by atoms with Crippen molar-refractivity contribution in [2.75, 3.05) is 29.6 Å². The minimum atomic E-state index is 0.190. The second-order valence-electron chi connectivity index (χ2n) is 5.14. The summed E-state index contributed by atoms with van der Waals surface area (Å²) in [6.45, 7) is 1.43. The minimum Gasteiger partial charge on any atom is -0.493 e. The number of thioether (sulfide) groups is 1. The van der Waals surface area contributed by atoms with E-state index >= 15 is 0 Å². The predicted molar refractivity (Wildman–Crippen MR) is 91.8 cm³/mol. The summed E-state index contributed by atoms with van der Waals surface area (Å²) in [5.41, 5.74) is 2.35. The summed E-state index contributed by atoms with van der Waals surface area (Å²) < 4.78 is 5.62. The number of rotatable bonds is 6. The molecule has 1 amide bonds. The molecule has 2 aromatic rings. The van der Waals surface area contributed by atoms with E-state index in [-0.39, 0.29) is 5.91 Å². The first-order valence-electron chi connectivity index (χ1n) is 7.48. The molecule has 114 valence electrons. The summed E-state index contributed by atoms with van der Waals surface area (Å²) in [6.07, 6.45) is 0.962. The summed E-state index contributed by atoms with van der Waals surface area (Å²) in [4.78, 5) is 14.2. The van der Waals surface area contributed by atoms with E-state index in [4.69, 9.17) is 4.74 Å². The van der Waals surface area contributed by atoms with Crippen molar-refractivity contribution < 1.29 is 9.53 Å². The number of hydrogen-bond acceptors (Lipinski definition) is 3. The summed E-state index contributed by atoms with van der Waals surface area (Å²) in [5, 5.41) is 0. The van der Waals surface area contributed by atoms with Crippen LogP contribution in [-0.4, -0.2) is 30.6 Å². The molecule has 0 aliphatic carbocycles. The third-order valence-electron chi connectivity index (χ3n) is 3.65. The van der Waals surface area contributed by atoms with Gasteiger partial charge < -0.3 is 9.64 Å². The molecule has 0 bridgehead atoms. The Morgan fingerprint density at radius 2 is 1.86 bits per heavy atom. The molecule has 1 aliphatic rings. The predicted octanol–water partition coefficient (Wildman–Crippen LogP) is 3.39. The van der Waals surface area contributed by atoms with Gasteiger partial charge in [-0.05, 0) is 30.2 Å². The maximum atomic E-state index is 12.3. The van der Waals surface area contributed by atoms with Crippen LogP contribution in [0.4, 0.5) is 5.69 Å². The largest absolute Gasteiger partial charge is 0.493 e. The second kappa shape index (κ2) is 7.36. The third kappa shape index (κ3) is 3.63. The van der Waals surface area contributed by atoms with Gasteiger partial charge in [0.25, 0.3) is 0 Å². The Morgan fingerprint density at radius 1 is 1.09 bits per heavy atom. The quantitative estimate of drug-likeness (QED) is 0.766. The molecular weight excluding hydrogens is 294 g/mol. The van der Waals surface area contributed by atoms with E-state index in [9.17, 15) is 4.79 Å².